The van der Waals surface area contributed by atoms with Crippen LogP contribution in [0.2, 0.25) is 6.82 Å². The highest BCUT2D eigenvalue weighted by atomic mass is 16.4. The van der Waals surface area contributed by atoms with Crippen molar-refractivity contribution in [2.45, 2.75) is 52.3 Å². The number of nitrogens with zero attached hydrogens (tertiary/aromatic N) is 1. The van der Waals surface area contributed by atoms with Gasteiger partial charge in [0, 0.05) is 0 Å². The molecule has 1 aliphatic carbocycles. The summed E-state index contributed by atoms with van der Waals surface area (Å²) in [5.74, 6) is 0. The van der Waals surface area contributed by atoms with Crippen molar-refractivity contribution in [3.8, 4) is 0 Å². The van der Waals surface area contributed by atoms with E-state index in [1.807, 2.05) is 6.92 Å². The molecular weight excluding hydrogens is 203 g/mol. The normalized spacial score (nSPS) is 20.8. The zero-order valence-electron chi connectivity index (χ0n) is 10.4. The Hall–Kier alpha value is -0.545. The second-order valence-corrected chi connectivity index (χ2v) is 5.13. The van der Waals surface area contributed by atoms with E-state index in [2.05, 4.69) is 10.4 Å². The van der Waals surface area contributed by atoms with E-state index >= 15 is 0 Å². The third kappa shape index (κ3) is 4.14. The zero-order valence-corrected chi connectivity index (χ0v) is 10.4. The molecule has 1 aliphatic rings. The molecule has 0 aromatic rings. The largest absolute Gasteiger partial charge is 0.437 e. The molecule has 0 radical (unpaired) electrons. The van der Waals surface area contributed by atoms with E-state index in [9.17, 15) is 5.02 Å². The van der Waals surface area contributed by atoms with Crippen molar-refractivity contribution >= 4 is 12.8 Å². The van der Waals surface area contributed by atoms with Crippen LogP contribution in [0.5, 0.6) is 0 Å². The van der Waals surface area contributed by atoms with E-state index in [1.54, 1.807) is 6.82 Å². The van der Waals surface area contributed by atoms with Gasteiger partial charge in [-0.05, 0) is 45.0 Å². The highest BCUT2D eigenvalue weighted by molar-refractivity contribution is 6.45. The number of hydrogen-bond acceptors (Lipinski definition) is 4. The summed E-state index contributed by atoms with van der Waals surface area (Å²) in [6.45, 7) is 4.40. The molecule has 0 unspecified atom stereocenters. The molecule has 0 aromatic carbocycles. The molecule has 0 aliphatic heterocycles. The van der Waals surface area contributed by atoms with E-state index < -0.39 is 7.05 Å². The lowest BCUT2D eigenvalue weighted by atomic mass is 9.69. The fraction of sp³-hybridized carbons (Fsp3) is 0.909. The van der Waals surface area contributed by atoms with Crippen molar-refractivity contribution < 1.29 is 10.2 Å². The van der Waals surface area contributed by atoms with E-state index in [0.29, 0.717) is 0 Å². The fourth-order valence-electron chi connectivity index (χ4n) is 2.66. The first-order chi connectivity index (χ1) is 7.58. The van der Waals surface area contributed by atoms with Gasteiger partial charge in [0.15, 0.2) is 0 Å². The Morgan fingerprint density at radius 1 is 1.38 bits per heavy atom. The van der Waals surface area contributed by atoms with Crippen LogP contribution in [-0.4, -0.2) is 29.5 Å². The maximum atomic E-state index is 9.30. The quantitative estimate of drug-likeness (QED) is 0.290. The predicted octanol–water partition coefficient (Wildman–Crippen LogP) is 1.88. The molecular formula is C11H23BN2O2. The standard InChI is InChI=1S/C11H23BN2O2/c1-10(14-16)8-11(9-13-12(2)15)6-4-3-5-7-11/h13,15-16H,3-9H2,1-2H3. The minimum Gasteiger partial charge on any atom is -0.437 e. The van der Waals surface area contributed by atoms with Gasteiger partial charge in [-0.2, -0.15) is 0 Å². The first-order valence-electron chi connectivity index (χ1n) is 6.17. The molecule has 0 heterocycles. The SMILES string of the molecule is CB(O)NCC1(CC(C)=NO)CCCCC1. The van der Waals surface area contributed by atoms with Crippen LogP contribution in [0.25, 0.3) is 0 Å². The van der Waals surface area contributed by atoms with E-state index in [-0.39, 0.29) is 5.41 Å². The molecule has 1 rings (SSSR count). The maximum Gasteiger partial charge on any atom is 0.373 e. The van der Waals surface area contributed by atoms with Crippen molar-refractivity contribution in [1.29, 1.82) is 0 Å². The summed E-state index contributed by atoms with van der Waals surface area (Å²) in [5.41, 5.74) is 0.959. The molecule has 92 valence electrons. The van der Waals surface area contributed by atoms with Gasteiger partial charge in [-0.3, -0.25) is 0 Å². The van der Waals surface area contributed by atoms with Gasteiger partial charge in [-0.25, -0.2) is 0 Å². The van der Waals surface area contributed by atoms with Crippen LogP contribution in [-0.2, 0) is 0 Å². The van der Waals surface area contributed by atoms with Gasteiger partial charge in [0.25, 0.3) is 0 Å². The second-order valence-electron chi connectivity index (χ2n) is 5.13. The molecule has 0 bridgehead atoms. The molecule has 0 atom stereocenters. The molecule has 1 fully saturated rings. The Bertz CT molecular complexity index is 238. The summed E-state index contributed by atoms with van der Waals surface area (Å²) >= 11 is 0. The van der Waals surface area contributed by atoms with Crippen molar-refractivity contribution in [3.05, 3.63) is 0 Å². The minimum absolute atomic E-state index is 0.172. The summed E-state index contributed by atoms with van der Waals surface area (Å²) in [7, 11) is -0.467. The van der Waals surface area contributed by atoms with Gasteiger partial charge in [-0.15, -0.1) is 0 Å². The van der Waals surface area contributed by atoms with Crippen molar-refractivity contribution in [2.75, 3.05) is 6.54 Å². The lowest BCUT2D eigenvalue weighted by molar-refractivity contribution is 0.196. The van der Waals surface area contributed by atoms with Gasteiger partial charge >= 0.3 is 7.05 Å². The van der Waals surface area contributed by atoms with Gasteiger partial charge in [0.2, 0.25) is 0 Å². The van der Waals surface area contributed by atoms with Crippen molar-refractivity contribution in [2.24, 2.45) is 10.6 Å². The first-order valence-corrected chi connectivity index (χ1v) is 6.17. The molecule has 0 amide bonds. The van der Waals surface area contributed by atoms with Crippen LogP contribution in [0.4, 0.5) is 0 Å². The van der Waals surface area contributed by atoms with Crippen molar-refractivity contribution in [1.82, 2.24) is 5.23 Å². The molecule has 0 saturated heterocycles. The molecule has 4 nitrogen and oxygen atoms in total. The average molecular weight is 226 g/mol. The summed E-state index contributed by atoms with van der Waals surface area (Å²) in [5, 5.41) is 24.5. The van der Waals surface area contributed by atoms with E-state index in [1.165, 1.54) is 19.3 Å². The lowest BCUT2D eigenvalue weighted by Crippen LogP contribution is -2.43. The molecule has 5 heteroatoms. The van der Waals surface area contributed by atoms with Crippen LogP contribution in [0.15, 0.2) is 5.16 Å². The van der Waals surface area contributed by atoms with Crippen LogP contribution in [0.1, 0.15) is 45.4 Å². The molecule has 1 saturated carbocycles. The topological polar surface area (TPSA) is 64.8 Å². The second kappa shape index (κ2) is 6.25. The Balaban J connectivity index is 2.59. The Morgan fingerprint density at radius 3 is 2.50 bits per heavy atom. The highest BCUT2D eigenvalue weighted by Crippen LogP contribution is 2.39. The van der Waals surface area contributed by atoms with Gasteiger partial charge in [-0.1, -0.05) is 24.4 Å². The molecule has 3 N–H and O–H groups in total. The first kappa shape index (κ1) is 13.5. The Kier molecular flexibility index (Phi) is 5.28. The van der Waals surface area contributed by atoms with Gasteiger partial charge in [0.1, 0.15) is 0 Å². The van der Waals surface area contributed by atoms with E-state index in [4.69, 9.17) is 5.21 Å². The third-order valence-electron chi connectivity index (χ3n) is 3.49. The lowest BCUT2D eigenvalue weighted by Gasteiger charge is -2.37. The summed E-state index contributed by atoms with van der Waals surface area (Å²) in [4.78, 5) is 0. The van der Waals surface area contributed by atoms with Gasteiger partial charge < -0.3 is 15.5 Å². The number of nitrogens with one attached hydrogen (secondary N) is 1. The average Bonchev–Trinajstić information content (AvgIpc) is 2.28. The van der Waals surface area contributed by atoms with Crippen LogP contribution < -0.4 is 5.23 Å². The summed E-state index contributed by atoms with van der Waals surface area (Å²) in [6.07, 6.45) is 6.90. The van der Waals surface area contributed by atoms with Crippen LogP contribution >= 0.6 is 0 Å². The summed E-state index contributed by atoms with van der Waals surface area (Å²) < 4.78 is 0. The Labute approximate surface area is 98.3 Å². The number of oxime groups is 1. The molecule has 0 spiro atoms. The number of rotatable bonds is 5. The van der Waals surface area contributed by atoms with Gasteiger partial charge in [0.05, 0.1) is 5.71 Å². The summed E-state index contributed by atoms with van der Waals surface area (Å²) in [6, 6.07) is 0. The smallest absolute Gasteiger partial charge is 0.373 e. The van der Waals surface area contributed by atoms with Crippen LogP contribution in [0.3, 0.4) is 0 Å². The third-order valence-corrected chi connectivity index (χ3v) is 3.49. The number of hydrogen-bond donors (Lipinski definition) is 3. The molecule has 0 aromatic heterocycles. The van der Waals surface area contributed by atoms with Crippen LogP contribution in [0, 0.1) is 5.41 Å². The predicted molar refractivity (Wildman–Crippen MR) is 66.9 cm³/mol. The zero-order chi connectivity index (χ0) is 12.0. The highest BCUT2D eigenvalue weighted by Gasteiger charge is 2.32. The molecule has 16 heavy (non-hydrogen) atoms. The Morgan fingerprint density at radius 2 is 2.00 bits per heavy atom. The monoisotopic (exact) mass is 226 g/mol. The minimum atomic E-state index is -0.467. The fourth-order valence-corrected chi connectivity index (χ4v) is 2.66. The van der Waals surface area contributed by atoms with Crippen molar-refractivity contribution in [3.63, 3.8) is 0 Å². The maximum absolute atomic E-state index is 9.30. The van der Waals surface area contributed by atoms with E-state index in [0.717, 1.165) is 31.5 Å².